The predicted molar refractivity (Wildman–Crippen MR) is 86.0 cm³/mol. The van der Waals surface area contributed by atoms with Gasteiger partial charge in [0.1, 0.15) is 0 Å². The first-order chi connectivity index (χ1) is 10.3. The van der Waals surface area contributed by atoms with E-state index in [1.807, 2.05) is 30.1 Å². The highest BCUT2D eigenvalue weighted by atomic mass is 16.7. The van der Waals surface area contributed by atoms with E-state index in [0.29, 0.717) is 6.54 Å². The first-order valence-corrected chi connectivity index (χ1v) is 7.57. The van der Waals surface area contributed by atoms with Gasteiger partial charge in [-0.1, -0.05) is 6.07 Å². The van der Waals surface area contributed by atoms with E-state index >= 15 is 0 Å². The smallest absolute Gasteiger partial charge is 0.399 e. The van der Waals surface area contributed by atoms with Gasteiger partial charge in [0.2, 0.25) is 0 Å². The van der Waals surface area contributed by atoms with E-state index in [9.17, 15) is 0 Å². The molecule has 0 aromatic carbocycles. The van der Waals surface area contributed by atoms with Crippen LogP contribution in [0.2, 0.25) is 0 Å². The second-order valence-electron chi connectivity index (χ2n) is 6.81. The van der Waals surface area contributed by atoms with Gasteiger partial charge in [0, 0.05) is 29.7 Å². The number of aryl methyl sites for hydroxylation is 1. The van der Waals surface area contributed by atoms with E-state index in [1.165, 1.54) is 0 Å². The van der Waals surface area contributed by atoms with Crippen LogP contribution in [-0.2, 0) is 15.9 Å². The van der Waals surface area contributed by atoms with Gasteiger partial charge in [0.25, 0.3) is 0 Å². The molecule has 2 aromatic heterocycles. The normalized spacial score (nSPS) is 19.6. The van der Waals surface area contributed by atoms with Crippen molar-refractivity contribution >= 4 is 12.6 Å². The Morgan fingerprint density at radius 2 is 1.86 bits per heavy atom. The van der Waals surface area contributed by atoms with Gasteiger partial charge in [-0.05, 0) is 46.2 Å². The van der Waals surface area contributed by atoms with E-state index in [1.54, 1.807) is 6.20 Å². The molecule has 0 N–H and O–H groups in total. The standard InChI is InChI=1S/C16H22BN3O2/c1-12-13(7-6-8-18-12)10-20-11-14(9-19-20)17-21-15(2,3)16(4,5)22-17/h6-9,11H,10H2,1-5H3. The van der Waals surface area contributed by atoms with Crippen LogP contribution in [0.25, 0.3) is 0 Å². The zero-order valence-electron chi connectivity index (χ0n) is 13.8. The van der Waals surface area contributed by atoms with E-state index < -0.39 is 0 Å². The number of aromatic nitrogens is 3. The summed E-state index contributed by atoms with van der Waals surface area (Å²) in [7, 11) is -0.367. The van der Waals surface area contributed by atoms with Crippen molar-refractivity contribution in [2.24, 2.45) is 0 Å². The Morgan fingerprint density at radius 3 is 2.50 bits per heavy atom. The van der Waals surface area contributed by atoms with Crippen LogP contribution >= 0.6 is 0 Å². The van der Waals surface area contributed by atoms with Gasteiger partial charge in [-0.25, -0.2) is 0 Å². The highest BCUT2D eigenvalue weighted by Gasteiger charge is 2.52. The molecular weight excluding hydrogens is 277 g/mol. The molecule has 116 valence electrons. The van der Waals surface area contributed by atoms with Crippen molar-refractivity contribution in [3.63, 3.8) is 0 Å². The van der Waals surface area contributed by atoms with Crippen molar-refractivity contribution in [2.75, 3.05) is 0 Å². The lowest BCUT2D eigenvalue weighted by Gasteiger charge is -2.32. The van der Waals surface area contributed by atoms with Gasteiger partial charge >= 0.3 is 7.12 Å². The average molecular weight is 299 g/mol. The molecular formula is C16H22BN3O2. The van der Waals surface area contributed by atoms with Gasteiger partial charge in [-0.15, -0.1) is 0 Å². The van der Waals surface area contributed by atoms with Crippen molar-refractivity contribution in [3.8, 4) is 0 Å². The molecule has 5 nitrogen and oxygen atoms in total. The van der Waals surface area contributed by atoms with Gasteiger partial charge in [0.15, 0.2) is 0 Å². The maximum atomic E-state index is 6.05. The molecule has 0 atom stereocenters. The van der Waals surface area contributed by atoms with Crippen LogP contribution in [0.3, 0.4) is 0 Å². The van der Waals surface area contributed by atoms with Crippen LogP contribution in [-0.4, -0.2) is 33.1 Å². The predicted octanol–water partition coefficient (Wildman–Crippen LogP) is 1.93. The van der Waals surface area contributed by atoms with Crippen LogP contribution < -0.4 is 5.46 Å². The summed E-state index contributed by atoms with van der Waals surface area (Å²) in [4.78, 5) is 4.31. The molecule has 1 saturated heterocycles. The second-order valence-corrected chi connectivity index (χ2v) is 6.81. The lowest BCUT2D eigenvalue weighted by Crippen LogP contribution is -2.41. The maximum Gasteiger partial charge on any atom is 0.498 e. The highest BCUT2D eigenvalue weighted by molar-refractivity contribution is 6.61. The van der Waals surface area contributed by atoms with Crippen LogP contribution in [0.1, 0.15) is 39.0 Å². The van der Waals surface area contributed by atoms with Gasteiger partial charge in [-0.3, -0.25) is 9.67 Å². The molecule has 0 saturated carbocycles. The molecule has 1 fully saturated rings. The van der Waals surface area contributed by atoms with Crippen LogP contribution in [0, 0.1) is 6.92 Å². The molecule has 3 rings (SSSR count). The Kier molecular flexibility index (Phi) is 3.61. The molecule has 0 bridgehead atoms. The number of hydrogen-bond donors (Lipinski definition) is 0. The van der Waals surface area contributed by atoms with Crippen molar-refractivity contribution in [1.82, 2.24) is 14.8 Å². The van der Waals surface area contributed by atoms with E-state index in [4.69, 9.17) is 9.31 Å². The molecule has 22 heavy (non-hydrogen) atoms. The Bertz CT molecular complexity index is 666. The fraction of sp³-hybridized carbons (Fsp3) is 0.500. The van der Waals surface area contributed by atoms with Crippen molar-refractivity contribution < 1.29 is 9.31 Å². The molecule has 1 aliphatic heterocycles. The summed E-state index contributed by atoms with van der Waals surface area (Å²) in [5.74, 6) is 0. The monoisotopic (exact) mass is 299 g/mol. The fourth-order valence-corrected chi connectivity index (χ4v) is 2.43. The zero-order chi connectivity index (χ0) is 16.0. The number of nitrogens with zero attached hydrogens (tertiary/aromatic N) is 3. The molecule has 0 amide bonds. The molecule has 1 aliphatic rings. The summed E-state index contributed by atoms with van der Waals surface area (Å²) in [5.41, 5.74) is 2.46. The molecule has 0 aliphatic carbocycles. The molecule has 0 unspecified atom stereocenters. The van der Waals surface area contributed by atoms with Crippen LogP contribution in [0.4, 0.5) is 0 Å². The quantitative estimate of drug-likeness (QED) is 0.813. The van der Waals surface area contributed by atoms with Crippen molar-refractivity contribution in [1.29, 1.82) is 0 Å². The van der Waals surface area contributed by atoms with Gasteiger partial charge < -0.3 is 9.31 Å². The highest BCUT2D eigenvalue weighted by Crippen LogP contribution is 2.36. The van der Waals surface area contributed by atoms with E-state index in [2.05, 4.69) is 43.8 Å². The molecule has 2 aromatic rings. The summed E-state index contributed by atoms with van der Waals surface area (Å²) in [6.07, 6.45) is 5.60. The minimum absolute atomic E-state index is 0.334. The van der Waals surface area contributed by atoms with Gasteiger partial charge in [0.05, 0.1) is 17.7 Å². The summed E-state index contributed by atoms with van der Waals surface area (Å²) < 4.78 is 14.0. The molecule has 6 heteroatoms. The third-order valence-corrected chi connectivity index (χ3v) is 4.63. The first-order valence-electron chi connectivity index (χ1n) is 7.57. The summed E-state index contributed by atoms with van der Waals surface area (Å²) in [6.45, 7) is 10.9. The Labute approximate surface area is 131 Å². The number of hydrogen-bond acceptors (Lipinski definition) is 4. The fourth-order valence-electron chi connectivity index (χ4n) is 2.43. The Hall–Kier alpha value is -1.66. The third-order valence-electron chi connectivity index (χ3n) is 4.63. The Balaban J connectivity index is 1.77. The largest absolute Gasteiger partial charge is 0.498 e. The van der Waals surface area contributed by atoms with E-state index in [0.717, 1.165) is 16.7 Å². The third kappa shape index (κ3) is 2.68. The zero-order valence-corrected chi connectivity index (χ0v) is 13.8. The molecule has 0 spiro atoms. The van der Waals surface area contributed by atoms with E-state index in [-0.39, 0.29) is 18.3 Å². The maximum absolute atomic E-state index is 6.05. The lowest BCUT2D eigenvalue weighted by molar-refractivity contribution is 0.00578. The summed E-state index contributed by atoms with van der Waals surface area (Å²) in [5, 5.41) is 4.42. The van der Waals surface area contributed by atoms with Crippen LogP contribution in [0.15, 0.2) is 30.7 Å². The summed E-state index contributed by atoms with van der Waals surface area (Å²) >= 11 is 0. The lowest BCUT2D eigenvalue weighted by atomic mass is 9.82. The number of pyridine rings is 1. The van der Waals surface area contributed by atoms with Crippen molar-refractivity contribution in [2.45, 2.75) is 52.4 Å². The Morgan fingerprint density at radius 1 is 1.18 bits per heavy atom. The minimum atomic E-state index is -0.367. The molecule has 0 radical (unpaired) electrons. The first kappa shape index (κ1) is 15.2. The van der Waals surface area contributed by atoms with Crippen LogP contribution in [0.5, 0.6) is 0 Å². The SMILES string of the molecule is Cc1ncccc1Cn1cc(B2OC(C)(C)C(C)(C)O2)cn1. The number of rotatable bonds is 3. The minimum Gasteiger partial charge on any atom is -0.399 e. The molecule has 3 heterocycles. The average Bonchev–Trinajstić information content (AvgIpc) is 2.96. The summed E-state index contributed by atoms with van der Waals surface area (Å²) in [6, 6.07) is 4.01. The topological polar surface area (TPSA) is 49.2 Å². The van der Waals surface area contributed by atoms with Gasteiger partial charge in [-0.2, -0.15) is 5.10 Å². The second kappa shape index (κ2) is 5.21. The van der Waals surface area contributed by atoms with Crippen molar-refractivity contribution in [3.05, 3.63) is 42.0 Å².